The number of fused-ring (bicyclic) bond motifs is 1. The Labute approximate surface area is 104 Å². The average Bonchev–Trinajstić information content (AvgIpc) is 2.83. The Hall–Kier alpha value is -2.26. The van der Waals surface area contributed by atoms with Crippen molar-refractivity contribution in [3.63, 3.8) is 0 Å². The first-order chi connectivity index (χ1) is 8.86. The molecule has 0 aliphatic carbocycles. The van der Waals surface area contributed by atoms with Gasteiger partial charge in [-0.15, -0.1) is 0 Å². The zero-order chi connectivity index (χ0) is 12.4. The van der Waals surface area contributed by atoms with Crippen LogP contribution in [0.4, 0.5) is 0 Å². The topological polar surface area (TPSA) is 42.6 Å². The molecule has 0 aliphatic rings. The minimum atomic E-state index is -0.336. The van der Waals surface area contributed by atoms with Gasteiger partial charge in [0.05, 0.1) is 0 Å². The molecule has 1 heterocycles. The molecule has 0 amide bonds. The Bertz CT molecular complexity index is 656. The largest absolute Gasteiger partial charge is 0.468 e. The van der Waals surface area contributed by atoms with Gasteiger partial charge in [-0.05, 0) is 18.2 Å². The third-order valence-electron chi connectivity index (χ3n) is 2.78. The first-order valence-electron chi connectivity index (χ1n) is 5.69. The molecule has 0 bridgehead atoms. The number of aliphatic hydroxyl groups excluding tert-OH is 1. The SMILES string of the molecule is OCOc1ccc2cc(-c3ccccc3)oc2c1. The zero-order valence-corrected chi connectivity index (χ0v) is 9.67. The summed E-state index contributed by atoms with van der Waals surface area (Å²) in [6.45, 7) is -0.336. The van der Waals surface area contributed by atoms with E-state index in [1.165, 1.54) is 0 Å². The second-order valence-corrected chi connectivity index (χ2v) is 3.95. The third-order valence-corrected chi connectivity index (χ3v) is 2.78. The lowest BCUT2D eigenvalue weighted by Gasteiger charge is -2.00. The van der Waals surface area contributed by atoms with Crippen LogP contribution in [0.1, 0.15) is 0 Å². The summed E-state index contributed by atoms with van der Waals surface area (Å²) < 4.78 is 10.8. The van der Waals surface area contributed by atoms with E-state index in [9.17, 15) is 0 Å². The molecular formula is C15H12O3. The number of hydrogen-bond acceptors (Lipinski definition) is 3. The second-order valence-electron chi connectivity index (χ2n) is 3.95. The zero-order valence-electron chi connectivity index (χ0n) is 9.67. The number of benzene rings is 2. The Morgan fingerprint density at radius 3 is 2.61 bits per heavy atom. The molecular weight excluding hydrogens is 228 g/mol. The lowest BCUT2D eigenvalue weighted by Crippen LogP contribution is -1.93. The van der Waals surface area contributed by atoms with E-state index in [4.69, 9.17) is 14.3 Å². The van der Waals surface area contributed by atoms with Gasteiger partial charge in [-0.1, -0.05) is 30.3 Å². The highest BCUT2D eigenvalue weighted by Crippen LogP contribution is 2.29. The van der Waals surface area contributed by atoms with Gasteiger partial charge >= 0.3 is 0 Å². The van der Waals surface area contributed by atoms with Crippen molar-refractivity contribution in [3.05, 3.63) is 54.6 Å². The molecule has 2 aromatic carbocycles. The van der Waals surface area contributed by atoms with Crippen molar-refractivity contribution in [1.29, 1.82) is 0 Å². The summed E-state index contributed by atoms with van der Waals surface area (Å²) in [5.74, 6) is 1.42. The van der Waals surface area contributed by atoms with Crippen LogP contribution in [-0.2, 0) is 0 Å². The van der Waals surface area contributed by atoms with Crippen LogP contribution in [0.5, 0.6) is 5.75 Å². The fraction of sp³-hybridized carbons (Fsp3) is 0.0667. The molecule has 90 valence electrons. The van der Waals surface area contributed by atoms with Crippen LogP contribution < -0.4 is 4.74 Å². The number of hydrogen-bond donors (Lipinski definition) is 1. The highest BCUT2D eigenvalue weighted by molar-refractivity contribution is 5.83. The number of furan rings is 1. The quantitative estimate of drug-likeness (QED) is 0.713. The van der Waals surface area contributed by atoms with E-state index in [1.807, 2.05) is 48.5 Å². The molecule has 0 saturated heterocycles. The molecule has 3 aromatic rings. The van der Waals surface area contributed by atoms with Crippen LogP contribution in [0.25, 0.3) is 22.3 Å². The van der Waals surface area contributed by atoms with Crippen LogP contribution in [0.3, 0.4) is 0 Å². The smallest absolute Gasteiger partial charge is 0.186 e. The van der Waals surface area contributed by atoms with Gasteiger partial charge in [0.15, 0.2) is 6.79 Å². The number of rotatable bonds is 3. The average molecular weight is 240 g/mol. The molecule has 0 saturated carbocycles. The fourth-order valence-corrected chi connectivity index (χ4v) is 1.92. The summed E-state index contributed by atoms with van der Waals surface area (Å²) in [5, 5.41) is 9.74. The first kappa shape index (κ1) is 10.9. The molecule has 3 heteroatoms. The summed E-state index contributed by atoms with van der Waals surface area (Å²) in [7, 11) is 0. The summed E-state index contributed by atoms with van der Waals surface area (Å²) in [6.07, 6.45) is 0. The lowest BCUT2D eigenvalue weighted by atomic mass is 10.1. The second kappa shape index (κ2) is 4.55. The Kier molecular flexibility index (Phi) is 2.74. The van der Waals surface area contributed by atoms with Gasteiger partial charge in [-0.3, -0.25) is 0 Å². The molecule has 18 heavy (non-hydrogen) atoms. The summed E-state index contributed by atoms with van der Waals surface area (Å²) in [6, 6.07) is 17.4. The van der Waals surface area contributed by atoms with Gasteiger partial charge in [0.1, 0.15) is 17.1 Å². The van der Waals surface area contributed by atoms with Gasteiger partial charge in [0, 0.05) is 17.0 Å². The predicted molar refractivity (Wildman–Crippen MR) is 69.4 cm³/mol. The van der Waals surface area contributed by atoms with Gasteiger partial charge in [0.2, 0.25) is 0 Å². The molecule has 0 atom stereocenters. The van der Waals surface area contributed by atoms with Crippen molar-refractivity contribution < 1.29 is 14.3 Å². The first-order valence-corrected chi connectivity index (χ1v) is 5.69. The molecule has 0 aliphatic heterocycles. The van der Waals surface area contributed by atoms with Crippen molar-refractivity contribution in [2.75, 3.05) is 6.79 Å². The standard InChI is InChI=1S/C15H12O3/c16-10-17-13-7-6-12-8-14(18-15(12)9-13)11-4-2-1-3-5-11/h1-9,16H,10H2. The van der Waals surface area contributed by atoms with E-state index in [0.29, 0.717) is 5.75 Å². The van der Waals surface area contributed by atoms with Crippen molar-refractivity contribution in [2.45, 2.75) is 0 Å². The lowest BCUT2D eigenvalue weighted by molar-refractivity contribution is 0.0986. The van der Waals surface area contributed by atoms with E-state index in [1.54, 1.807) is 6.07 Å². The minimum absolute atomic E-state index is 0.336. The maximum atomic E-state index is 8.72. The molecule has 0 radical (unpaired) electrons. The van der Waals surface area contributed by atoms with Crippen LogP contribution in [-0.4, -0.2) is 11.9 Å². The maximum Gasteiger partial charge on any atom is 0.186 e. The van der Waals surface area contributed by atoms with Gasteiger partial charge in [0.25, 0.3) is 0 Å². The summed E-state index contributed by atoms with van der Waals surface area (Å²) in [4.78, 5) is 0. The number of ether oxygens (including phenoxy) is 1. The van der Waals surface area contributed by atoms with Crippen LogP contribution >= 0.6 is 0 Å². The van der Waals surface area contributed by atoms with E-state index in [0.717, 1.165) is 22.3 Å². The van der Waals surface area contributed by atoms with Gasteiger partial charge in [-0.2, -0.15) is 0 Å². The third kappa shape index (κ3) is 1.96. The predicted octanol–water partition coefficient (Wildman–Crippen LogP) is 3.43. The van der Waals surface area contributed by atoms with E-state index >= 15 is 0 Å². The normalized spacial score (nSPS) is 10.7. The molecule has 0 fully saturated rings. The molecule has 0 unspecified atom stereocenters. The summed E-state index contributed by atoms with van der Waals surface area (Å²) >= 11 is 0. The summed E-state index contributed by atoms with van der Waals surface area (Å²) in [5.41, 5.74) is 1.79. The molecule has 3 nitrogen and oxygen atoms in total. The van der Waals surface area contributed by atoms with Crippen molar-refractivity contribution in [2.24, 2.45) is 0 Å². The highest BCUT2D eigenvalue weighted by Gasteiger charge is 2.06. The van der Waals surface area contributed by atoms with Crippen LogP contribution in [0.15, 0.2) is 59.0 Å². The van der Waals surface area contributed by atoms with Crippen LogP contribution in [0, 0.1) is 0 Å². The van der Waals surface area contributed by atoms with Crippen molar-refractivity contribution in [1.82, 2.24) is 0 Å². The van der Waals surface area contributed by atoms with E-state index in [-0.39, 0.29) is 6.79 Å². The molecule has 1 N–H and O–H groups in total. The Balaban J connectivity index is 2.06. The maximum absolute atomic E-state index is 8.72. The monoisotopic (exact) mass is 240 g/mol. The van der Waals surface area contributed by atoms with Gasteiger partial charge in [-0.25, -0.2) is 0 Å². The minimum Gasteiger partial charge on any atom is -0.468 e. The highest BCUT2D eigenvalue weighted by atomic mass is 16.6. The van der Waals surface area contributed by atoms with Crippen molar-refractivity contribution >= 4 is 11.0 Å². The number of aliphatic hydroxyl groups is 1. The van der Waals surface area contributed by atoms with E-state index in [2.05, 4.69) is 0 Å². The molecule has 3 rings (SSSR count). The molecule has 0 spiro atoms. The van der Waals surface area contributed by atoms with Gasteiger partial charge < -0.3 is 14.3 Å². The molecule has 1 aromatic heterocycles. The van der Waals surface area contributed by atoms with Crippen molar-refractivity contribution in [3.8, 4) is 17.1 Å². The Morgan fingerprint density at radius 1 is 1.00 bits per heavy atom. The Morgan fingerprint density at radius 2 is 1.83 bits per heavy atom. The fourth-order valence-electron chi connectivity index (χ4n) is 1.92. The van der Waals surface area contributed by atoms with Crippen LogP contribution in [0.2, 0.25) is 0 Å². The van der Waals surface area contributed by atoms with E-state index < -0.39 is 0 Å².